The number of hydrogen-bond donors (Lipinski definition) is 1. The van der Waals surface area contributed by atoms with Gasteiger partial charge in [0, 0.05) is 18.9 Å². The standard InChI is InChI=1S/C44H72O6Si2/c1-11-13-16-23-35(49-52(44(6,7)8,36-24-17-14-18-25-36)37-26-19-15-20-27-37)30-31-39-38(28-21-22-29-42(45)46)41(50-51(9,10)43(3,4)5)34-40(39)48-33-32-47-12-2/h14-15,17-20,24-27,30-31,35,38-41H,11-13,16,21-23,28-29,32-34H2,1-10H3,(H,45,46)/b31-30+/t35-,38-,39-,40-,41+/m1/s1. The van der Waals surface area contributed by atoms with E-state index in [0.29, 0.717) is 26.2 Å². The minimum absolute atomic E-state index is 0.0138. The lowest BCUT2D eigenvalue weighted by atomic mass is 9.88. The van der Waals surface area contributed by atoms with Gasteiger partial charge in [0.25, 0.3) is 8.32 Å². The number of carbonyl (C=O) groups is 1. The fraction of sp³-hybridized carbons (Fsp3) is 0.659. The van der Waals surface area contributed by atoms with Gasteiger partial charge in [0.05, 0.1) is 31.5 Å². The van der Waals surface area contributed by atoms with Gasteiger partial charge >= 0.3 is 5.97 Å². The number of rotatable bonds is 22. The van der Waals surface area contributed by atoms with E-state index in [1.807, 2.05) is 6.92 Å². The summed E-state index contributed by atoms with van der Waals surface area (Å²) < 4.78 is 27.3. The fourth-order valence-electron chi connectivity index (χ4n) is 7.62. The largest absolute Gasteiger partial charge is 0.481 e. The summed E-state index contributed by atoms with van der Waals surface area (Å²) in [7, 11) is -4.88. The van der Waals surface area contributed by atoms with Gasteiger partial charge in [-0.25, -0.2) is 0 Å². The molecule has 1 fully saturated rings. The summed E-state index contributed by atoms with van der Waals surface area (Å²) in [6.07, 6.45) is 12.6. The third kappa shape index (κ3) is 12.2. The molecule has 52 heavy (non-hydrogen) atoms. The topological polar surface area (TPSA) is 74.2 Å². The van der Waals surface area contributed by atoms with Crippen LogP contribution < -0.4 is 10.4 Å². The molecule has 0 saturated heterocycles. The molecule has 1 aliphatic carbocycles. The average molecular weight is 753 g/mol. The molecule has 0 aliphatic heterocycles. The molecule has 6 nitrogen and oxygen atoms in total. The van der Waals surface area contributed by atoms with Gasteiger partial charge in [-0.15, -0.1) is 0 Å². The van der Waals surface area contributed by atoms with Crippen molar-refractivity contribution >= 4 is 33.0 Å². The third-order valence-corrected chi connectivity index (χ3v) is 21.0. The van der Waals surface area contributed by atoms with E-state index < -0.39 is 22.6 Å². The van der Waals surface area contributed by atoms with Gasteiger partial charge in [0.15, 0.2) is 8.32 Å². The summed E-state index contributed by atoms with van der Waals surface area (Å²) in [5, 5.41) is 11.9. The lowest BCUT2D eigenvalue weighted by molar-refractivity contribution is -0.137. The number of benzene rings is 2. The van der Waals surface area contributed by atoms with Crippen LogP contribution in [-0.4, -0.2) is 65.8 Å². The Morgan fingerprint density at radius 1 is 0.846 bits per heavy atom. The third-order valence-electron chi connectivity index (χ3n) is 11.4. The molecule has 5 atom stereocenters. The Kier molecular flexibility index (Phi) is 17.5. The van der Waals surface area contributed by atoms with Crippen LogP contribution in [0, 0.1) is 11.8 Å². The molecule has 0 bridgehead atoms. The van der Waals surface area contributed by atoms with Gasteiger partial charge in [-0.3, -0.25) is 4.79 Å². The number of aliphatic carboxylic acids is 1. The summed E-state index contributed by atoms with van der Waals surface area (Å²) in [5.41, 5.74) is 0. The molecule has 2 aromatic carbocycles. The average Bonchev–Trinajstić information content (AvgIpc) is 3.40. The van der Waals surface area contributed by atoms with Crippen LogP contribution in [0.5, 0.6) is 0 Å². The van der Waals surface area contributed by atoms with Gasteiger partial charge in [0.2, 0.25) is 0 Å². The summed E-state index contributed by atoms with van der Waals surface area (Å²) in [5.74, 6) is -0.387. The summed E-state index contributed by atoms with van der Waals surface area (Å²) >= 11 is 0. The van der Waals surface area contributed by atoms with E-state index in [-0.39, 0.29) is 46.6 Å². The number of unbranched alkanes of at least 4 members (excludes halogenated alkanes) is 3. The van der Waals surface area contributed by atoms with E-state index in [0.717, 1.165) is 44.9 Å². The molecule has 3 rings (SSSR count). The van der Waals surface area contributed by atoms with Crippen molar-refractivity contribution in [1.29, 1.82) is 0 Å². The van der Waals surface area contributed by atoms with Crippen molar-refractivity contribution < 1.29 is 28.2 Å². The minimum Gasteiger partial charge on any atom is -0.481 e. The van der Waals surface area contributed by atoms with Crippen LogP contribution >= 0.6 is 0 Å². The van der Waals surface area contributed by atoms with Crippen molar-refractivity contribution in [2.45, 2.75) is 155 Å². The zero-order valence-corrected chi connectivity index (χ0v) is 36.3. The molecule has 0 aromatic heterocycles. The number of carboxylic acid groups (broad SMARTS) is 1. The molecular weight excluding hydrogens is 681 g/mol. The van der Waals surface area contributed by atoms with Crippen LogP contribution in [0.2, 0.25) is 23.2 Å². The highest BCUT2D eigenvalue weighted by molar-refractivity contribution is 6.99. The van der Waals surface area contributed by atoms with E-state index >= 15 is 0 Å². The Morgan fingerprint density at radius 3 is 1.98 bits per heavy atom. The van der Waals surface area contributed by atoms with Crippen molar-refractivity contribution in [3.63, 3.8) is 0 Å². The van der Waals surface area contributed by atoms with Gasteiger partial charge in [0.1, 0.15) is 0 Å². The van der Waals surface area contributed by atoms with Crippen LogP contribution in [0.3, 0.4) is 0 Å². The number of hydrogen-bond acceptors (Lipinski definition) is 5. The molecule has 292 valence electrons. The monoisotopic (exact) mass is 752 g/mol. The number of carboxylic acids is 1. The maximum atomic E-state index is 11.4. The molecule has 8 heteroatoms. The number of ether oxygens (including phenoxy) is 2. The molecule has 0 unspecified atom stereocenters. The van der Waals surface area contributed by atoms with Crippen LogP contribution in [-0.2, 0) is 23.1 Å². The quantitative estimate of drug-likeness (QED) is 0.0734. The van der Waals surface area contributed by atoms with Crippen LogP contribution in [0.4, 0.5) is 0 Å². The Balaban J connectivity index is 2.11. The van der Waals surface area contributed by atoms with E-state index in [9.17, 15) is 9.90 Å². The Bertz CT molecular complexity index is 1290. The maximum absolute atomic E-state index is 11.4. The van der Waals surface area contributed by atoms with Gasteiger partial charge in [-0.05, 0) is 72.1 Å². The summed E-state index contributed by atoms with van der Waals surface area (Å²) in [4.78, 5) is 11.4. The van der Waals surface area contributed by atoms with Crippen molar-refractivity contribution in [3.05, 3.63) is 72.8 Å². The normalized spacial score (nSPS) is 20.8. The first-order valence-corrected chi connectivity index (χ1v) is 24.9. The summed E-state index contributed by atoms with van der Waals surface area (Å²) in [6, 6.07) is 21.9. The fourth-order valence-corrected chi connectivity index (χ4v) is 13.7. The predicted molar refractivity (Wildman–Crippen MR) is 222 cm³/mol. The van der Waals surface area contributed by atoms with Crippen molar-refractivity contribution in [2.75, 3.05) is 19.8 Å². The lowest BCUT2D eigenvalue weighted by Gasteiger charge is -2.45. The molecule has 0 radical (unpaired) electrons. The second-order valence-electron chi connectivity index (χ2n) is 17.3. The van der Waals surface area contributed by atoms with Crippen LogP contribution in [0.15, 0.2) is 72.8 Å². The Hall–Kier alpha value is -2.08. The van der Waals surface area contributed by atoms with E-state index in [1.165, 1.54) is 10.4 Å². The second-order valence-corrected chi connectivity index (χ2v) is 26.3. The molecule has 2 aromatic rings. The lowest BCUT2D eigenvalue weighted by Crippen LogP contribution is -2.67. The molecule has 0 amide bonds. The molecule has 0 spiro atoms. The first-order valence-electron chi connectivity index (χ1n) is 20.1. The minimum atomic E-state index is -2.79. The highest BCUT2D eigenvalue weighted by Gasteiger charge is 2.52. The zero-order valence-electron chi connectivity index (χ0n) is 34.3. The highest BCUT2D eigenvalue weighted by atomic mass is 28.4. The predicted octanol–water partition coefficient (Wildman–Crippen LogP) is 10.2. The molecular formula is C44H72O6Si2. The van der Waals surface area contributed by atoms with Crippen LogP contribution in [0.25, 0.3) is 0 Å². The van der Waals surface area contributed by atoms with Gasteiger partial charge in [-0.2, -0.15) is 0 Å². The van der Waals surface area contributed by atoms with Crippen LogP contribution in [0.1, 0.15) is 113 Å². The van der Waals surface area contributed by atoms with Crippen molar-refractivity contribution in [2.24, 2.45) is 11.8 Å². The van der Waals surface area contributed by atoms with Crippen molar-refractivity contribution in [1.82, 2.24) is 0 Å². The molecule has 0 heterocycles. The highest BCUT2D eigenvalue weighted by Crippen LogP contribution is 2.46. The maximum Gasteiger partial charge on any atom is 0.303 e. The second kappa shape index (κ2) is 20.6. The zero-order chi connectivity index (χ0) is 38.4. The molecule has 1 aliphatic rings. The Morgan fingerprint density at radius 2 is 1.46 bits per heavy atom. The van der Waals surface area contributed by atoms with Gasteiger partial charge < -0.3 is 23.4 Å². The first-order chi connectivity index (χ1) is 24.6. The first kappa shape index (κ1) is 44.3. The van der Waals surface area contributed by atoms with Crippen molar-refractivity contribution in [3.8, 4) is 0 Å². The van der Waals surface area contributed by atoms with E-state index in [2.05, 4.69) is 134 Å². The molecule has 1 N–H and O–H groups in total. The SMILES string of the molecule is CCCCC[C@H](/C=C/[C@@H]1[C@@H](CCCCC(=O)O)[C@@H](O[Si](C)(C)C(C)(C)C)C[C@H]1OCCOCC)O[Si](c1ccccc1)(c1ccccc1)C(C)(C)C. The van der Waals surface area contributed by atoms with Gasteiger partial charge in [-0.1, -0.05) is 147 Å². The molecule has 1 saturated carbocycles. The Labute approximate surface area is 319 Å². The smallest absolute Gasteiger partial charge is 0.303 e. The van der Waals surface area contributed by atoms with E-state index in [1.54, 1.807) is 0 Å². The van der Waals surface area contributed by atoms with E-state index in [4.69, 9.17) is 18.3 Å². The summed E-state index contributed by atoms with van der Waals surface area (Å²) in [6.45, 7) is 24.7.